The first-order chi connectivity index (χ1) is 9.22. The lowest BCUT2D eigenvalue weighted by molar-refractivity contribution is 0.0903. The Labute approximate surface area is 126 Å². The Morgan fingerprint density at radius 2 is 2.10 bits per heavy atom. The highest BCUT2D eigenvalue weighted by Gasteiger charge is 2.30. The second kappa shape index (κ2) is 5.09. The van der Waals surface area contributed by atoms with E-state index in [-0.39, 0.29) is 5.91 Å². The summed E-state index contributed by atoms with van der Waals surface area (Å²) in [5.74, 6) is 0.587. The summed E-state index contributed by atoms with van der Waals surface area (Å²) >= 11 is 3.37. The van der Waals surface area contributed by atoms with Crippen LogP contribution in [0, 0.1) is 13.8 Å². The molecule has 2 aromatic heterocycles. The first-order valence-corrected chi connectivity index (χ1v) is 7.09. The number of hydrogen-bond donors (Lipinski definition) is 1. The highest BCUT2D eigenvalue weighted by molar-refractivity contribution is 9.10. The quantitative estimate of drug-likeness (QED) is 0.934. The molecule has 6 heteroatoms. The van der Waals surface area contributed by atoms with Crippen LogP contribution in [-0.2, 0) is 12.6 Å². The molecule has 1 amide bonds. The fourth-order valence-electron chi connectivity index (χ4n) is 2.54. The molecular formula is C14H18BrN3O2. The second-order valence-electron chi connectivity index (χ2n) is 5.43. The van der Waals surface area contributed by atoms with E-state index in [1.807, 2.05) is 40.9 Å². The molecule has 0 aliphatic carbocycles. The van der Waals surface area contributed by atoms with Crippen LogP contribution < -0.4 is 5.32 Å². The number of halogens is 1. The van der Waals surface area contributed by atoms with Crippen molar-refractivity contribution in [2.75, 3.05) is 0 Å². The van der Waals surface area contributed by atoms with Crippen LogP contribution in [0.15, 0.2) is 21.3 Å². The van der Waals surface area contributed by atoms with Gasteiger partial charge in [0.25, 0.3) is 5.91 Å². The Morgan fingerprint density at radius 1 is 1.45 bits per heavy atom. The Morgan fingerprint density at radius 3 is 2.55 bits per heavy atom. The van der Waals surface area contributed by atoms with Gasteiger partial charge in [-0.05, 0) is 49.7 Å². The van der Waals surface area contributed by atoms with E-state index in [1.54, 1.807) is 10.6 Å². The van der Waals surface area contributed by atoms with Gasteiger partial charge < -0.3 is 14.4 Å². The van der Waals surface area contributed by atoms with Crippen LogP contribution >= 0.6 is 15.9 Å². The molecule has 0 atom stereocenters. The number of aryl methyl sites for hydroxylation is 3. The zero-order chi connectivity index (χ0) is 15.1. The molecule has 0 radical (unpaired) electrons. The van der Waals surface area contributed by atoms with Crippen LogP contribution in [0.25, 0.3) is 0 Å². The molecule has 0 bridgehead atoms. The number of carbonyl (C=O) groups excluding carboxylic acids is 1. The summed E-state index contributed by atoms with van der Waals surface area (Å²) in [5, 5.41) is 6.98. The second-order valence-corrected chi connectivity index (χ2v) is 6.35. The Kier molecular flexibility index (Phi) is 3.77. The third-order valence-electron chi connectivity index (χ3n) is 3.29. The SMILES string of the molecule is Cc1noc(C)c1C(C)(C)NC(=O)c1cc(Br)cn1C. The summed E-state index contributed by atoms with van der Waals surface area (Å²) in [6, 6.07) is 1.79. The molecule has 2 heterocycles. The van der Waals surface area contributed by atoms with Crippen molar-refractivity contribution >= 4 is 21.8 Å². The lowest BCUT2D eigenvalue weighted by Gasteiger charge is -2.26. The van der Waals surface area contributed by atoms with Gasteiger partial charge in [-0.15, -0.1) is 0 Å². The van der Waals surface area contributed by atoms with Gasteiger partial charge in [0.15, 0.2) is 0 Å². The number of carbonyl (C=O) groups is 1. The average Bonchev–Trinajstić information content (AvgIpc) is 2.81. The van der Waals surface area contributed by atoms with E-state index in [0.717, 1.165) is 21.5 Å². The fourth-order valence-corrected chi connectivity index (χ4v) is 3.06. The predicted molar refractivity (Wildman–Crippen MR) is 79.6 cm³/mol. The van der Waals surface area contributed by atoms with E-state index >= 15 is 0 Å². The molecule has 0 fully saturated rings. The van der Waals surface area contributed by atoms with Crippen LogP contribution in [0.5, 0.6) is 0 Å². The van der Waals surface area contributed by atoms with Gasteiger partial charge in [-0.2, -0.15) is 0 Å². The van der Waals surface area contributed by atoms with Gasteiger partial charge in [0.2, 0.25) is 0 Å². The summed E-state index contributed by atoms with van der Waals surface area (Å²) in [4.78, 5) is 12.4. The molecular weight excluding hydrogens is 322 g/mol. The zero-order valence-electron chi connectivity index (χ0n) is 12.2. The van der Waals surface area contributed by atoms with Crippen molar-refractivity contribution in [1.82, 2.24) is 15.0 Å². The monoisotopic (exact) mass is 339 g/mol. The summed E-state index contributed by atoms with van der Waals surface area (Å²) < 4.78 is 7.84. The molecule has 0 spiro atoms. The van der Waals surface area contributed by atoms with Gasteiger partial charge in [-0.1, -0.05) is 5.16 Å². The van der Waals surface area contributed by atoms with Crippen LogP contribution in [0.2, 0.25) is 0 Å². The van der Waals surface area contributed by atoms with Gasteiger partial charge in [0, 0.05) is 23.3 Å². The molecule has 2 aromatic rings. The van der Waals surface area contributed by atoms with E-state index in [4.69, 9.17) is 4.52 Å². The molecule has 5 nitrogen and oxygen atoms in total. The van der Waals surface area contributed by atoms with Crippen molar-refractivity contribution in [3.05, 3.63) is 39.4 Å². The van der Waals surface area contributed by atoms with Crippen LogP contribution in [-0.4, -0.2) is 15.6 Å². The van der Waals surface area contributed by atoms with Crippen molar-refractivity contribution in [2.24, 2.45) is 7.05 Å². The maximum atomic E-state index is 12.4. The smallest absolute Gasteiger partial charge is 0.268 e. The number of hydrogen-bond acceptors (Lipinski definition) is 3. The third-order valence-corrected chi connectivity index (χ3v) is 3.72. The standard InChI is InChI=1S/C14H18BrN3O2/c1-8-12(9(2)20-17-8)14(3,4)16-13(19)11-6-10(15)7-18(11)5/h6-7H,1-5H3,(H,16,19). The molecule has 0 aromatic carbocycles. The molecule has 1 N–H and O–H groups in total. The Hall–Kier alpha value is -1.56. The molecule has 0 unspecified atom stereocenters. The minimum Gasteiger partial charge on any atom is -0.361 e. The number of nitrogens with one attached hydrogen (secondary N) is 1. The molecule has 0 aliphatic heterocycles. The third kappa shape index (κ3) is 2.65. The van der Waals surface area contributed by atoms with Crippen molar-refractivity contribution in [3.8, 4) is 0 Å². The van der Waals surface area contributed by atoms with Crippen molar-refractivity contribution in [3.63, 3.8) is 0 Å². The first kappa shape index (κ1) is 14.8. The minimum absolute atomic E-state index is 0.136. The van der Waals surface area contributed by atoms with E-state index in [2.05, 4.69) is 26.4 Å². The Bertz CT molecular complexity index is 636. The highest BCUT2D eigenvalue weighted by Crippen LogP contribution is 2.27. The average molecular weight is 340 g/mol. The number of rotatable bonds is 3. The normalized spacial score (nSPS) is 11.7. The largest absolute Gasteiger partial charge is 0.361 e. The molecule has 20 heavy (non-hydrogen) atoms. The maximum Gasteiger partial charge on any atom is 0.268 e. The molecule has 2 rings (SSSR count). The van der Waals surface area contributed by atoms with Gasteiger partial charge >= 0.3 is 0 Å². The van der Waals surface area contributed by atoms with Crippen molar-refractivity contribution < 1.29 is 9.32 Å². The summed E-state index contributed by atoms with van der Waals surface area (Å²) in [7, 11) is 1.84. The Balaban J connectivity index is 2.29. The van der Waals surface area contributed by atoms with E-state index < -0.39 is 5.54 Å². The summed E-state index contributed by atoms with van der Waals surface area (Å²) in [6.45, 7) is 7.60. The predicted octanol–water partition coefficient (Wildman–Crippen LogP) is 3.06. The van der Waals surface area contributed by atoms with Crippen LogP contribution in [0.3, 0.4) is 0 Å². The number of aromatic nitrogens is 2. The van der Waals surface area contributed by atoms with Crippen LogP contribution in [0.1, 0.15) is 41.4 Å². The summed E-state index contributed by atoms with van der Waals surface area (Å²) in [6.07, 6.45) is 1.85. The summed E-state index contributed by atoms with van der Waals surface area (Å²) in [5.41, 5.74) is 1.75. The van der Waals surface area contributed by atoms with Crippen molar-refractivity contribution in [1.29, 1.82) is 0 Å². The highest BCUT2D eigenvalue weighted by atomic mass is 79.9. The number of amides is 1. The van der Waals surface area contributed by atoms with Gasteiger partial charge in [0.05, 0.1) is 11.2 Å². The molecule has 108 valence electrons. The minimum atomic E-state index is -0.554. The molecule has 0 saturated carbocycles. The van der Waals surface area contributed by atoms with E-state index in [0.29, 0.717) is 5.69 Å². The lowest BCUT2D eigenvalue weighted by atomic mass is 9.92. The van der Waals surface area contributed by atoms with E-state index in [9.17, 15) is 4.79 Å². The van der Waals surface area contributed by atoms with Gasteiger partial charge in [0.1, 0.15) is 11.5 Å². The topological polar surface area (TPSA) is 60.1 Å². The molecule has 0 saturated heterocycles. The van der Waals surface area contributed by atoms with Gasteiger partial charge in [-0.25, -0.2) is 0 Å². The number of nitrogens with zero attached hydrogens (tertiary/aromatic N) is 2. The maximum absolute atomic E-state index is 12.4. The lowest BCUT2D eigenvalue weighted by Crippen LogP contribution is -2.42. The van der Waals surface area contributed by atoms with E-state index in [1.165, 1.54) is 0 Å². The van der Waals surface area contributed by atoms with Crippen LogP contribution in [0.4, 0.5) is 0 Å². The first-order valence-electron chi connectivity index (χ1n) is 6.30. The zero-order valence-corrected chi connectivity index (χ0v) is 13.8. The van der Waals surface area contributed by atoms with Crippen molar-refractivity contribution in [2.45, 2.75) is 33.2 Å². The fraction of sp³-hybridized carbons (Fsp3) is 0.429. The molecule has 0 aliphatic rings. The van der Waals surface area contributed by atoms with Gasteiger partial charge in [-0.3, -0.25) is 4.79 Å².